The summed E-state index contributed by atoms with van der Waals surface area (Å²) in [5, 5.41) is 8.97. The van der Waals surface area contributed by atoms with Crippen LogP contribution in [0.5, 0.6) is 0 Å². The number of benzene rings is 1. The third kappa shape index (κ3) is 2.61. The van der Waals surface area contributed by atoms with Gasteiger partial charge in [-0.25, -0.2) is 4.79 Å². The smallest absolute Gasteiger partial charge is 0.429 e. The minimum atomic E-state index is -2.53. The van der Waals surface area contributed by atoms with Gasteiger partial charge in [0.1, 0.15) is 0 Å². The van der Waals surface area contributed by atoms with Crippen LogP contribution in [0.4, 0.5) is 0 Å². The Kier molecular flexibility index (Phi) is 3.96. The van der Waals surface area contributed by atoms with Crippen LogP contribution in [0.15, 0.2) is 24.3 Å². The number of carboxylic acids is 1. The van der Waals surface area contributed by atoms with Crippen LogP contribution in [0.1, 0.15) is 0 Å². The minimum Gasteiger partial charge on any atom is -0.476 e. The molecule has 0 heterocycles. The van der Waals surface area contributed by atoms with Gasteiger partial charge in [0.25, 0.3) is 0 Å². The van der Waals surface area contributed by atoms with E-state index in [1.54, 1.807) is 12.1 Å². The van der Waals surface area contributed by atoms with Crippen molar-refractivity contribution < 1.29 is 14.5 Å². The number of rotatable bonds is 3. The third-order valence-electron chi connectivity index (χ3n) is 1.58. The average Bonchev–Trinajstić information content (AvgIpc) is 2.17. The highest BCUT2D eigenvalue weighted by atomic mass is 35.5. The average molecular weight is 286 g/mol. The Morgan fingerprint density at radius 2 is 1.87 bits per heavy atom. The van der Waals surface area contributed by atoms with E-state index in [1.807, 2.05) is 0 Å². The standard InChI is InChI=1S/C8H4Cl3O3P/c9-5-3-1-2-4-6(5)15(14)8(10,11)7(12)13/h1-4H/p+1. The molecule has 0 radical (unpaired) electrons. The lowest BCUT2D eigenvalue weighted by Gasteiger charge is -2.02. The van der Waals surface area contributed by atoms with Crippen molar-refractivity contribution in [1.29, 1.82) is 0 Å². The van der Waals surface area contributed by atoms with E-state index >= 15 is 0 Å². The highest BCUT2D eigenvalue weighted by Gasteiger charge is 2.55. The number of alkyl halides is 2. The molecule has 0 aliphatic heterocycles. The van der Waals surface area contributed by atoms with Gasteiger partial charge in [-0.2, -0.15) is 0 Å². The number of hydrogen-bond donors (Lipinski definition) is 1. The second-order valence-electron chi connectivity index (χ2n) is 2.59. The van der Waals surface area contributed by atoms with Crippen molar-refractivity contribution in [2.45, 2.75) is 4.07 Å². The Morgan fingerprint density at radius 1 is 1.33 bits per heavy atom. The molecule has 7 heteroatoms. The molecule has 1 aromatic rings. The predicted octanol–water partition coefficient (Wildman–Crippen LogP) is 3.01. The Bertz CT molecular complexity index is 419. The molecule has 0 aromatic heterocycles. The second kappa shape index (κ2) is 4.67. The van der Waals surface area contributed by atoms with Crippen LogP contribution in [0.25, 0.3) is 0 Å². The van der Waals surface area contributed by atoms with Gasteiger partial charge >= 0.3 is 17.8 Å². The molecule has 0 bridgehead atoms. The fourth-order valence-corrected chi connectivity index (χ4v) is 2.73. The van der Waals surface area contributed by atoms with Gasteiger partial charge in [0.2, 0.25) is 5.30 Å². The summed E-state index contributed by atoms with van der Waals surface area (Å²) < 4.78 is 9.39. The van der Waals surface area contributed by atoms with Gasteiger partial charge in [-0.3, -0.25) is 0 Å². The second-order valence-corrected chi connectivity index (χ2v) is 6.60. The minimum absolute atomic E-state index is 0.126. The molecule has 0 fully saturated rings. The molecule has 1 aromatic carbocycles. The lowest BCUT2D eigenvalue weighted by Crippen LogP contribution is -2.24. The van der Waals surface area contributed by atoms with E-state index in [0.29, 0.717) is 0 Å². The van der Waals surface area contributed by atoms with Crippen molar-refractivity contribution >= 4 is 53.9 Å². The van der Waals surface area contributed by atoms with Crippen molar-refractivity contribution in [2.75, 3.05) is 0 Å². The van der Waals surface area contributed by atoms with Gasteiger partial charge in [0.15, 0.2) is 0 Å². The van der Waals surface area contributed by atoms with Crippen LogP contribution in [0, 0.1) is 0 Å². The van der Waals surface area contributed by atoms with E-state index in [0.717, 1.165) is 0 Å². The van der Waals surface area contributed by atoms with Crippen LogP contribution < -0.4 is 5.30 Å². The molecule has 80 valence electrons. The van der Waals surface area contributed by atoms with Crippen LogP contribution in [0.3, 0.4) is 0 Å². The Labute approximate surface area is 102 Å². The molecule has 15 heavy (non-hydrogen) atoms. The molecule has 1 atom stereocenters. The summed E-state index contributed by atoms with van der Waals surface area (Å²) in [5.41, 5.74) is 0. The number of hydrogen-bond acceptors (Lipinski definition) is 2. The molecule has 0 amide bonds. The molecule has 1 rings (SSSR count). The van der Waals surface area contributed by atoms with E-state index in [-0.39, 0.29) is 10.3 Å². The first-order valence-electron chi connectivity index (χ1n) is 3.70. The topological polar surface area (TPSA) is 54.4 Å². The largest absolute Gasteiger partial charge is 0.476 e. The van der Waals surface area contributed by atoms with Crippen molar-refractivity contribution in [3.05, 3.63) is 29.3 Å². The fourth-order valence-electron chi connectivity index (χ4n) is 0.855. The summed E-state index contributed by atoms with van der Waals surface area (Å²) in [7, 11) is -2.53. The quantitative estimate of drug-likeness (QED) is 0.686. The van der Waals surface area contributed by atoms with Crippen molar-refractivity contribution in [3.63, 3.8) is 0 Å². The van der Waals surface area contributed by atoms with Crippen LogP contribution in [-0.2, 0) is 9.36 Å². The highest BCUT2D eigenvalue weighted by molar-refractivity contribution is 7.61. The molecular formula is C8H5Cl3O3P+. The lowest BCUT2D eigenvalue weighted by molar-refractivity contribution is -0.135. The van der Waals surface area contributed by atoms with Crippen molar-refractivity contribution in [3.8, 4) is 0 Å². The molecule has 0 saturated heterocycles. The number of aliphatic carboxylic acids is 1. The summed E-state index contributed by atoms with van der Waals surface area (Å²) in [5.74, 6) is -1.56. The monoisotopic (exact) mass is 285 g/mol. The van der Waals surface area contributed by atoms with Crippen LogP contribution >= 0.6 is 42.6 Å². The number of halogens is 3. The van der Waals surface area contributed by atoms with Gasteiger partial charge in [0.05, 0.1) is 5.02 Å². The summed E-state index contributed by atoms with van der Waals surface area (Å²) in [6, 6.07) is 6.10. The first-order valence-corrected chi connectivity index (χ1v) is 6.10. The molecule has 1 unspecified atom stereocenters. The van der Waals surface area contributed by atoms with Crippen molar-refractivity contribution in [1.82, 2.24) is 0 Å². The summed E-state index contributed by atoms with van der Waals surface area (Å²) in [6.07, 6.45) is 0. The molecule has 1 N–H and O–H groups in total. The van der Waals surface area contributed by atoms with E-state index in [2.05, 4.69) is 0 Å². The van der Waals surface area contributed by atoms with Gasteiger partial charge in [0, 0.05) is 0 Å². The fraction of sp³-hybridized carbons (Fsp3) is 0.125. The first-order chi connectivity index (χ1) is 6.87. The Balaban J connectivity index is 3.16. The summed E-state index contributed by atoms with van der Waals surface area (Å²) >= 11 is 16.6. The maximum Gasteiger partial charge on any atom is 0.429 e. The normalized spacial score (nSPS) is 12.3. The zero-order chi connectivity index (χ0) is 11.6. The SMILES string of the molecule is O=C(O)C(Cl)(Cl)[P+](=O)c1ccccc1Cl. The van der Waals surface area contributed by atoms with Crippen molar-refractivity contribution in [2.24, 2.45) is 0 Å². The maximum absolute atomic E-state index is 11.7. The highest BCUT2D eigenvalue weighted by Crippen LogP contribution is 2.46. The van der Waals surface area contributed by atoms with E-state index in [9.17, 15) is 9.36 Å². The zero-order valence-electron chi connectivity index (χ0n) is 7.15. The first kappa shape index (κ1) is 12.7. The molecule has 3 nitrogen and oxygen atoms in total. The Morgan fingerprint density at radius 3 is 2.33 bits per heavy atom. The van der Waals surface area contributed by atoms with Gasteiger partial charge in [-0.1, -0.05) is 28.3 Å². The van der Waals surface area contributed by atoms with E-state index < -0.39 is 17.8 Å². The molecule has 0 spiro atoms. The zero-order valence-corrected chi connectivity index (χ0v) is 10.3. The van der Waals surface area contributed by atoms with E-state index in [4.69, 9.17) is 39.9 Å². The Hall–Kier alpha value is -0.340. The molecule has 0 aliphatic rings. The van der Waals surface area contributed by atoms with Crippen LogP contribution in [-0.4, -0.2) is 15.2 Å². The van der Waals surface area contributed by atoms with Gasteiger partial charge in [-0.15, -0.1) is 0 Å². The van der Waals surface area contributed by atoms with Gasteiger partial charge < -0.3 is 5.11 Å². The maximum atomic E-state index is 11.7. The summed E-state index contributed by atoms with van der Waals surface area (Å²) in [4.78, 5) is 10.7. The third-order valence-corrected chi connectivity index (χ3v) is 4.82. The number of carboxylic acid groups (broad SMARTS) is 1. The predicted molar refractivity (Wildman–Crippen MR) is 60.8 cm³/mol. The molecule has 0 saturated carbocycles. The summed E-state index contributed by atoms with van der Waals surface area (Å²) in [6.45, 7) is 0. The molecular weight excluding hydrogens is 281 g/mol. The number of carbonyl (C=O) groups is 1. The van der Waals surface area contributed by atoms with E-state index in [1.165, 1.54) is 12.1 Å². The lowest BCUT2D eigenvalue weighted by atomic mass is 10.4. The van der Waals surface area contributed by atoms with Gasteiger partial charge in [-0.05, 0) is 35.3 Å². The molecule has 0 aliphatic carbocycles. The van der Waals surface area contributed by atoms with Crippen LogP contribution in [0.2, 0.25) is 5.02 Å².